The van der Waals surface area contributed by atoms with E-state index in [1.807, 2.05) is 4.90 Å². The predicted octanol–water partition coefficient (Wildman–Crippen LogP) is 3.23. The number of carbonyl (C=O) groups excluding carboxylic acids is 1. The molecule has 1 atom stereocenters. The zero-order chi connectivity index (χ0) is 17.8. The molecule has 0 radical (unpaired) electrons. The van der Waals surface area contributed by atoms with Crippen molar-refractivity contribution in [2.75, 3.05) is 33.9 Å². The number of benzene rings is 2. The minimum absolute atomic E-state index is 0.0556. The van der Waals surface area contributed by atoms with Crippen molar-refractivity contribution in [1.82, 2.24) is 4.90 Å². The number of aryl methyl sites for hydroxylation is 1. The number of rotatable bonds is 4. The van der Waals surface area contributed by atoms with Crippen LogP contribution >= 0.6 is 0 Å². The molecule has 2 aromatic rings. The highest BCUT2D eigenvalue weighted by molar-refractivity contribution is 5.97. The number of hydrogen-bond acceptors (Lipinski definition) is 4. The molecule has 25 heavy (non-hydrogen) atoms. The van der Waals surface area contributed by atoms with Gasteiger partial charge in [0.2, 0.25) is 0 Å². The molecular formula is C20H23NO4. The fourth-order valence-electron chi connectivity index (χ4n) is 2.96. The van der Waals surface area contributed by atoms with E-state index in [2.05, 4.69) is 31.2 Å². The predicted molar refractivity (Wildman–Crippen MR) is 95.3 cm³/mol. The van der Waals surface area contributed by atoms with Crippen LogP contribution in [0.15, 0.2) is 42.5 Å². The number of amides is 1. The first kappa shape index (κ1) is 17.3. The third-order valence-electron chi connectivity index (χ3n) is 4.44. The van der Waals surface area contributed by atoms with Crippen LogP contribution in [0, 0.1) is 6.92 Å². The van der Waals surface area contributed by atoms with E-state index in [4.69, 9.17) is 14.2 Å². The minimum atomic E-state index is -0.109. The minimum Gasteiger partial charge on any atom is -0.497 e. The summed E-state index contributed by atoms with van der Waals surface area (Å²) in [4.78, 5) is 14.8. The van der Waals surface area contributed by atoms with Gasteiger partial charge in [-0.1, -0.05) is 29.8 Å². The van der Waals surface area contributed by atoms with Crippen LogP contribution in [-0.4, -0.2) is 44.7 Å². The summed E-state index contributed by atoms with van der Waals surface area (Å²) in [6, 6.07) is 13.5. The zero-order valence-electron chi connectivity index (χ0n) is 14.8. The lowest BCUT2D eigenvalue weighted by molar-refractivity contribution is -0.0229. The topological polar surface area (TPSA) is 48.0 Å². The van der Waals surface area contributed by atoms with Gasteiger partial charge in [-0.2, -0.15) is 0 Å². The molecule has 3 rings (SSSR count). The van der Waals surface area contributed by atoms with E-state index in [1.165, 1.54) is 5.56 Å². The fourth-order valence-corrected chi connectivity index (χ4v) is 2.96. The molecule has 0 aliphatic carbocycles. The van der Waals surface area contributed by atoms with Gasteiger partial charge in [0.25, 0.3) is 5.91 Å². The molecule has 1 saturated heterocycles. The van der Waals surface area contributed by atoms with Crippen LogP contribution in [0.4, 0.5) is 0 Å². The summed E-state index contributed by atoms with van der Waals surface area (Å²) >= 11 is 0. The second-order valence-electron chi connectivity index (χ2n) is 6.09. The van der Waals surface area contributed by atoms with E-state index in [0.717, 1.165) is 5.56 Å². The van der Waals surface area contributed by atoms with Crippen molar-refractivity contribution in [2.45, 2.75) is 13.0 Å². The molecule has 1 unspecified atom stereocenters. The average molecular weight is 341 g/mol. The van der Waals surface area contributed by atoms with E-state index in [0.29, 0.717) is 36.8 Å². The van der Waals surface area contributed by atoms with Crippen LogP contribution in [0.25, 0.3) is 0 Å². The second-order valence-corrected chi connectivity index (χ2v) is 6.09. The molecule has 1 heterocycles. The molecule has 0 saturated carbocycles. The Labute approximate surface area is 148 Å². The molecule has 1 aliphatic rings. The van der Waals surface area contributed by atoms with Crippen molar-refractivity contribution in [1.29, 1.82) is 0 Å². The molecule has 132 valence electrons. The van der Waals surface area contributed by atoms with Crippen LogP contribution in [0.1, 0.15) is 27.6 Å². The van der Waals surface area contributed by atoms with Gasteiger partial charge in [-0.05, 0) is 24.6 Å². The lowest BCUT2D eigenvalue weighted by Gasteiger charge is -2.33. The third kappa shape index (κ3) is 3.77. The van der Waals surface area contributed by atoms with Gasteiger partial charge in [-0.15, -0.1) is 0 Å². The summed E-state index contributed by atoms with van der Waals surface area (Å²) in [7, 11) is 3.14. The quantitative estimate of drug-likeness (QED) is 0.857. The van der Waals surface area contributed by atoms with E-state index in [1.54, 1.807) is 32.4 Å². The highest BCUT2D eigenvalue weighted by Crippen LogP contribution is 2.28. The Hall–Kier alpha value is -2.53. The van der Waals surface area contributed by atoms with Gasteiger partial charge in [-0.25, -0.2) is 0 Å². The van der Waals surface area contributed by atoms with Gasteiger partial charge in [0.05, 0.1) is 32.9 Å². The Morgan fingerprint density at radius 1 is 1.12 bits per heavy atom. The SMILES string of the molecule is COc1ccc(C(=O)N2CCOC(c3ccc(C)cc3)C2)c(OC)c1. The monoisotopic (exact) mass is 341 g/mol. The van der Waals surface area contributed by atoms with Gasteiger partial charge >= 0.3 is 0 Å². The summed E-state index contributed by atoms with van der Waals surface area (Å²) in [5.41, 5.74) is 2.83. The average Bonchev–Trinajstić information content (AvgIpc) is 2.67. The summed E-state index contributed by atoms with van der Waals surface area (Å²) in [6.07, 6.45) is -0.109. The van der Waals surface area contributed by atoms with E-state index < -0.39 is 0 Å². The molecule has 1 aliphatic heterocycles. The largest absolute Gasteiger partial charge is 0.497 e. The summed E-state index contributed by atoms with van der Waals surface area (Å²) in [6.45, 7) is 3.66. The molecule has 5 heteroatoms. The Balaban J connectivity index is 1.79. The number of ether oxygens (including phenoxy) is 3. The Bertz CT molecular complexity index is 742. The van der Waals surface area contributed by atoms with Crippen LogP contribution in [-0.2, 0) is 4.74 Å². The maximum Gasteiger partial charge on any atom is 0.257 e. The lowest BCUT2D eigenvalue weighted by atomic mass is 10.0. The normalized spacial score (nSPS) is 17.2. The van der Waals surface area contributed by atoms with E-state index in [9.17, 15) is 4.79 Å². The molecule has 1 fully saturated rings. The van der Waals surface area contributed by atoms with Crippen LogP contribution in [0.5, 0.6) is 11.5 Å². The number of methoxy groups -OCH3 is 2. The first-order chi connectivity index (χ1) is 12.1. The van der Waals surface area contributed by atoms with Crippen LogP contribution < -0.4 is 9.47 Å². The van der Waals surface area contributed by atoms with Crippen molar-refractivity contribution in [3.63, 3.8) is 0 Å². The Morgan fingerprint density at radius 3 is 2.56 bits per heavy atom. The van der Waals surface area contributed by atoms with Crippen molar-refractivity contribution in [3.8, 4) is 11.5 Å². The Kier molecular flexibility index (Phi) is 5.24. The molecule has 0 N–H and O–H groups in total. The number of nitrogens with zero attached hydrogens (tertiary/aromatic N) is 1. The molecule has 0 spiro atoms. The lowest BCUT2D eigenvalue weighted by Crippen LogP contribution is -2.42. The fraction of sp³-hybridized carbons (Fsp3) is 0.350. The summed E-state index contributed by atoms with van der Waals surface area (Å²) < 4.78 is 16.4. The number of hydrogen-bond donors (Lipinski definition) is 0. The maximum absolute atomic E-state index is 13.0. The highest BCUT2D eigenvalue weighted by Gasteiger charge is 2.27. The first-order valence-corrected chi connectivity index (χ1v) is 8.32. The second kappa shape index (κ2) is 7.57. The number of morpholine rings is 1. The van der Waals surface area contributed by atoms with Crippen molar-refractivity contribution in [2.24, 2.45) is 0 Å². The van der Waals surface area contributed by atoms with Crippen LogP contribution in [0.2, 0.25) is 0 Å². The van der Waals surface area contributed by atoms with Gasteiger partial charge in [0.1, 0.15) is 17.6 Å². The van der Waals surface area contributed by atoms with E-state index >= 15 is 0 Å². The molecule has 0 bridgehead atoms. The first-order valence-electron chi connectivity index (χ1n) is 8.32. The maximum atomic E-state index is 13.0. The van der Waals surface area contributed by atoms with Crippen molar-refractivity contribution >= 4 is 5.91 Å². The molecule has 2 aromatic carbocycles. The zero-order valence-corrected chi connectivity index (χ0v) is 14.8. The van der Waals surface area contributed by atoms with Crippen LogP contribution in [0.3, 0.4) is 0 Å². The van der Waals surface area contributed by atoms with Gasteiger partial charge in [0.15, 0.2) is 0 Å². The van der Waals surface area contributed by atoms with Crippen molar-refractivity contribution in [3.05, 3.63) is 59.2 Å². The van der Waals surface area contributed by atoms with E-state index in [-0.39, 0.29) is 12.0 Å². The molecular weight excluding hydrogens is 318 g/mol. The summed E-state index contributed by atoms with van der Waals surface area (Å²) in [5, 5.41) is 0. The standard InChI is InChI=1S/C20H23NO4/c1-14-4-6-15(7-5-14)19-13-21(10-11-25-19)20(22)17-9-8-16(23-2)12-18(17)24-3/h4-9,12,19H,10-11,13H2,1-3H3. The van der Waals surface area contributed by atoms with Crippen molar-refractivity contribution < 1.29 is 19.0 Å². The number of carbonyl (C=O) groups is 1. The molecule has 5 nitrogen and oxygen atoms in total. The third-order valence-corrected chi connectivity index (χ3v) is 4.44. The van der Waals surface area contributed by atoms with Gasteiger partial charge in [-0.3, -0.25) is 4.79 Å². The highest BCUT2D eigenvalue weighted by atomic mass is 16.5. The summed E-state index contributed by atoms with van der Waals surface area (Å²) in [5.74, 6) is 1.12. The van der Waals surface area contributed by atoms with Gasteiger partial charge in [0, 0.05) is 12.6 Å². The molecule has 0 aromatic heterocycles. The Morgan fingerprint density at radius 2 is 1.88 bits per heavy atom. The molecule has 1 amide bonds. The van der Waals surface area contributed by atoms with Gasteiger partial charge < -0.3 is 19.1 Å². The smallest absolute Gasteiger partial charge is 0.257 e.